The number of fused-ring (bicyclic) bond motifs is 1. The van der Waals surface area contributed by atoms with E-state index in [-0.39, 0.29) is 0 Å². The van der Waals surface area contributed by atoms with Gasteiger partial charge in [0.1, 0.15) is 5.52 Å². The highest BCUT2D eigenvalue weighted by Gasteiger charge is 2.16. The predicted molar refractivity (Wildman–Crippen MR) is 88.7 cm³/mol. The summed E-state index contributed by atoms with van der Waals surface area (Å²) in [6, 6.07) is 8.06. The monoisotopic (exact) mass is 394 g/mol. The molecule has 2 aromatic carbocycles. The second kappa shape index (κ2) is 4.90. The summed E-state index contributed by atoms with van der Waals surface area (Å²) in [5.74, 6) is 0.611. The molecule has 0 unspecified atom stereocenters. The molecule has 3 aromatic rings. The molecule has 1 heterocycles. The number of hydrogen-bond donors (Lipinski definition) is 1. The van der Waals surface area contributed by atoms with Crippen LogP contribution in [0.5, 0.6) is 0 Å². The SMILES string of the molecule is Cc1ccc(C)c(-c2nc3c(Br)c(N)c(Br)cc3o2)c1. The highest BCUT2D eigenvalue weighted by Crippen LogP contribution is 2.37. The van der Waals surface area contributed by atoms with Crippen molar-refractivity contribution in [1.29, 1.82) is 0 Å². The maximum atomic E-state index is 5.97. The van der Waals surface area contributed by atoms with Crippen molar-refractivity contribution in [1.82, 2.24) is 4.98 Å². The second-order valence-corrected chi connectivity index (χ2v) is 6.42. The first-order valence-corrected chi connectivity index (χ1v) is 7.67. The van der Waals surface area contributed by atoms with Gasteiger partial charge < -0.3 is 10.2 Å². The third-order valence-electron chi connectivity index (χ3n) is 3.24. The van der Waals surface area contributed by atoms with Gasteiger partial charge in [-0.1, -0.05) is 17.7 Å². The van der Waals surface area contributed by atoms with E-state index in [1.807, 2.05) is 13.0 Å². The first-order chi connectivity index (χ1) is 9.47. The van der Waals surface area contributed by atoms with Crippen molar-refractivity contribution in [2.75, 3.05) is 5.73 Å². The van der Waals surface area contributed by atoms with Crippen LogP contribution in [0.2, 0.25) is 0 Å². The zero-order valence-electron chi connectivity index (χ0n) is 11.0. The van der Waals surface area contributed by atoms with Crippen LogP contribution in [0, 0.1) is 13.8 Å². The van der Waals surface area contributed by atoms with E-state index in [1.165, 1.54) is 5.56 Å². The molecule has 0 atom stereocenters. The van der Waals surface area contributed by atoms with Crippen molar-refractivity contribution in [3.8, 4) is 11.5 Å². The Labute approximate surface area is 133 Å². The van der Waals surface area contributed by atoms with Crippen molar-refractivity contribution >= 4 is 48.6 Å². The Hall–Kier alpha value is -1.33. The van der Waals surface area contributed by atoms with Crippen LogP contribution in [0.4, 0.5) is 5.69 Å². The summed E-state index contributed by atoms with van der Waals surface area (Å²) in [6.07, 6.45) is 0. The maximum Gasteiger partial charge on any atom is 0.227 e. The van der Waals surface area contributed by atoms with Gasteiger partial charge in [-0.15, -0.1) is 0 Å². The molecular weight excluding hydrogens is 384 g/mol. The fourth-order valence-electron chi connectivity index (χ4n) is 2.09. The number of anilines is 1. The number of nitrogens with zero attached hydrogens (tertiary/aromatic N) is 1. The predicted octanol–water partition coefficient (Wildman–Crippen LogP) is 5.22. The molecule has 0 spiro atoms. The minimum atomic E-state index is 0.611. The van der Waals surface area contributed by atoms with Crippen molar-refractivity contribution in [2.45, 2.75) is 13.8 Å². The molecule has 0 aliphatic rings. The lowest BCUT2D eigenvalue weighted by Crippen LogP contribution is -1.89. The topological polar surface area (TPSA) is 52.0 Å². The Morgan fingerprint density at radius 2 is 1.90 bits per heavy atom. The van der Waals surface area contributed by atoms with Gasteiger partial charge in [0.15, 0.2) is 5.58 Å². The van der Waals surface area contributed by atoms with Gasteiger partial charge in [-0.05, 0) is 63.4 Å². The van der Waals surface area contributed by atoms with Crippen molar-refractivity contribution in [3.63, 3.8) is 0 Å². The van der Waals surface area contributed by atoms with Gasteiger partial charge in [-0.3, -0.25) is 0 Å². The van der Waals surface area contributed by atoms with Crippen molar-refractivity contribution < 1.29 is 4.42 Å². The molecule has 0 radical (unpaired) electrons. The summed E-state index contributed by atoms with van der Waals surface area (Å²) < 4.78 is 7.42. The zero-order chi connectivity index (χ0) is 14.4. The number of nitrogens with two attached hydrogens (primary N) is 1. The Morgan fingerprint density at radius 1 is 1.15 bits per heavy atom. The van der Waals surface area contributed by atoms with Gasteiger partial charge in [0.2, 0.25) is 5.89 Å². The molecule has 0 aliphatic carbocycles. The summed E-state index contributed by atoms with van der Waals surface area (Å²) in [5, 5.41) is 0. The number of halogens is 2. The summed E-state index contributed by atoms with van der Waals surface area (Å²) in [5.41, 5.74) is 11.3. The fourth-order valence-corrected chi connectivity index (χ4v) is 3.26. The molecule has 20 heavy (non-hydrogen) atoms. The molecule has 102 valence electrons. The number of aryl methyl sites for hydroxylation is 2. The Kier molecular flexibility index (Phi) is 3.34. The number of benzene rings is 2. The molecule has 0 bridgehead atoms. The summed E-state index contributed by atoms with van der Waals surface area (Å²) in [4.78, 5) is 4.57. The molecule has 0 saturated heterocycles. The number of hydrogen-bond acceptors (Lipinski definition) is 3. The second-order valence-electron chi connectivity index (χ2n) is 4.77. The Balaban J connectivity index is 2.28. The van der Waals surface area contributed by atoms with Crippen LogP contribution in [0.15, 0.2) is 37.6 Å². The largest absolute Gasteiger partial charge is 0.436 e. The molecule has 1 aromatic heterocycles. The molecule has 3 rings (SSSR count). The van der Waals surface area contributed by atoms with Crippen molar-refractivity contribution in [2.24, 2.45) is 0 Å². The lowest BCUT2D eigenvalue weighted by atomic mass is 10.1. The van der Waals surface area contributed by atoms with Crippen LogP contribution in [-0.4, -0.2) is 4.98 Å². The maximum absolute atomic E-state index is 5.97. The van der Waals surface area contributed by atoms with E-state index in [0.717, 1.165) is 25.6 Å². The average Bonchev–Trinajstić information content (AvgIpc) is 2.83. The third kappa shape index (κ3) is 2.15. The molecule has 0 fully saturated rings. The van der Waals surface area contributed by atoms with E-state index in [4.69, 9.17) is 10.2 Å². The minimum absolute atomic E-state index is 0.611. The molecule has 0 saturated carbocycles. The van der Waals surface area contributed by atoms with E-state index in [9.17, 15) is 0 Å². The third-order valence-corrected chi connectivity index (χ3v) is 4.70. The average molecular weight is 396 g/mol. The molecule has 5 heteroatoms. The first kappa shape index (κ1) is 13.6. The van der Waals surface area contributed by atoms with Gasteiger partial charge in [-0.25, -0.2) is 4.98 Å². The van der Waals surface area contributed by atoms with Crippen LogP contribution >= 0.6 is 31.9 Å². The summed E-state index contributed by atoms with van der Waals surface area (Å²) in [7, 11) is 0. The van der Waals surface area contributed by atoms with Crippen LogP contribution in [0.25, 0.3) is 22.6 Å². The fraction of sp³-hybridized carbons (Fsp3) is 0.133. The van der Waals surface area contributed by atoms with Crippen LogP contribution < -0.4 is 5.73 Å². The van der Waals surface area contributed by atoms with Gasteiger partial charge in [0, 0.05) is 10.0 Å². The Bertz CT molecular complexity index is 824. The van der Waals surface area contributed by atoms with Gasteiger partial charge in [0.25, 0.3) is 0 Å². The highest BCUT2D eigenvalue weighted by molar-refractivity contribution is 9.11. The molecule has 3 nitrogen and oxygen atoms in total. The summed E-state index contributed by atoms with van der Waals surface area (Å²) in [6.45, 7) is 4.10. The number of nitrogen functional groups attached to an aromatic ring is 1. The van der Waals surface area contributed by atoms with E-state index >= 15 is 0 Å². The van der Waals surface area contributed by atoms with Crippen LogP contribution in [-0.2, 0) is 0 Å². The van der Waals surface area contributed by atoms with Gasteiger partial charge >= 0.3 is 0 Å². The van der Waals surface area contributed by atoms with E-state index < -0.39 is 0 Å². The molecule has 0 amide bonds. The minimum Gasteiger partial charge on any atom is -0.436 e. The van der Waals surface area contributed by atoms with Crippen LogP contribution in [0.1, 0.15) is 11.1 Å². The summed E-state index contributed by atoms with van der Waals surface area (Å²) >= 11 is 6.89. The smallest absolute Gasteiger partial charge is 0.227 e. The normalized spacial score (nSPS) is 11.2. The van der Waals surface area contributed by atoms with E-state index in [0.29, 0.717) is 17.2 Å². The van der Waals surface area contributed by atoms with Crippen LogP contribution in [0.3, 0.4) is 0 Å². The van der Waals surface area contributed by atoms with Gasteiger partial charge in [0.05, 0.1) is 10.2 Å². The van der Waals surface area contributed by atoms with E-state index in [2.05, 4.69) is 62.0 Å². The number of aromatic nitrogens is 1. The number of rotatable bonds is 1. The number of oxazole rings is 1. The van der Waals surface area contributed by atoms with Gasteiger partial charge in [-0.2, -0.15) is 0 Å². The lowest BCUT2D eigenvalue weighted by molar-refractivity contribution is 0.619. The molecule has 0 aliphatic heterocycles. The quantitative estimate of drug-likeness (QED) is 0.574. The van der Waals surface area contributed by atoms with E-state index in [1.54, 1.807) is 0 Å². The zero-order valence-corrected chi connectivity index (χ0v) is 14.2. The Morgan fingerprint density at radius 3 is 2.65 bits per heavy atom. The molecule has 2 N–H and O–H groups in total. The highest BCUT2D eigenvalue weighted by atomic mass is 79.9. The van der Waals surface area contributed by atoms with Crippen molar-refractivity contribution in [3.05, 3.63) is 44.3 Å². The standard InChI is InChI=1S/C15H12Br2N2O/c1-7-3-4-8(2)9(5-7)15-19-14-11(20-15)6-10(16)13(18)12(14)17/h3-6H,18H2,1-2H3. The molecular formula is C15H12Br2N2O. The lowest BCUT2D eigenvalue weighted by Gasteiger charge is -2.02. The first-order valence-electron chi connectivity index (χ1n) is 6.09.